The van der Waals surface area contributed by atoms with E-state index in [-0.39, 0.29) is 18.1 Å². The summed E-state index contributed by atoms with van der Waals surface area (Å²) in [7, 11) is -3.99. The Morgan fingerprint density at radius 3 is 2.73 bits per heavy atom. The van der Waals surface area contributed by atoms with Gasteiger partial charge in [0.25, 0.3) is 0 Å². The summed E-state index contributed by atoms with van der Waals surface area (Å²) in [5, 5.41) is 4.85. The number of hydrogen-bond donors (Lipinski definition) is 1. The van der Waals surface area contributed by atoms with E-state index in [4.69, 9.17) is 16.7 Å². The van der Waals surface area contributed by atoms with Crippen LogP contribution in [0.2, 0.25) is 0 Å². The first-order valence-electron chi connectivity index (χ1n) is 3.79. The van der Waals surface area contributed by atoms with Crippen molar-refractivity contribution in [2.24, 2.45) is 5.14 Å². The van der Waals surface area contributed by atoms with E-state index in [1.165, 1.54) is 0 Å². The predicted octanol–water partition coefficient (Wildman–Crippen LogP) is 0.323. The van der Waals surface area contributed by atoms with E-state index in [1.807, 2.05) is 0 Å². The van der Waals surface area contributed by atoms with Crippen molar-refractivity contribution in [2.75, 3.05) is 12.5 Å². The van der Waals surface area contributed by atoms with Crippen molar-refractivity contribution in [3.05, 3.63) is 18.1 Å². The largest absolute Gasteiger partial charge is 0.470 e. The number of hydrogen-bond acceptors (Lipinski definition) is 5. The van der Waals surface area contributed by atoms with Crippen LogP contribution in [0.1, 0.15) is 10.4 Å². The molecule has 0 aliphatic carbocycles. The van der Waals surface area contributed by atoms with E-state index in [9.17, 15) is 13.2 Å². The minimum atomic E-state index is -3.99. The lowest BCUT2D eigenvalue weighted by molar-refractivity contribution is 0.0524. The quantitative estimate of drug-likeness (QED) is 0.615. The fraction of sp³-hybridized carbons (Fsp3) is 0.286. The molecule has 0 bridgehead atoms. The van der Waals surface area contributed by atoms with Crippen molar-refractivity contribution >= 4 is 27.6 Å². The van der Waals surface area contributed by atoms with Crippen LogP contribution >= 0.6 is 11.6 Å². The second-order valence-corrected chi connectivity index (χ2v) is 4.43. The Balaban J connectivity index is 2.96. The summed E-state index contributed by atoms with van der Waals surface area (Å²) in [6, 6.07) is 0. The highest BCUT2D eigenvalue weighted by molar-refractivity contribution is 7.89. The minimum Gasteiger partial charge on any atom is -0.470 e. The van der Waals surface area contributed by atoms with Crippen LogP contribution in [0.4, 0.5) is 0 Å². The Bertz CT molecular complexity index is 452. The monoisotopic (exact) mass is 253 g/mol. The maximum atomic E-state index is 11.3. The Hall–Kier alpha value is -1.05. The Morgan fingerprint density at radius 2 is 2.20 bits per heavy atom. The summed E-state index contributed by atoms with van der Waals surface area (Å²) >= 11 is 5.29. The molecule has 0 aliphatic heterocycles. The van der Waals surface area contributed by atoms with Gasteiger partial charge in [-0.2, -0.15) is 0 Å². The highest BCUT2D eigenvalue weighted by atomic mass is 35.5. The molecule has 1 aromatic rings. The number of furan rings is 1. The summed E-state index contributed by atoms with van der Waals surface area (Å²) < 4.78 is 31.2. The zero-order valence-electron chi connectivity index (χ0n) is 7.47. The second kappa shape index (κ2) is 4.65. The summed E-state index contributed by atoms with van der Waals surface area (Å²) in [6.45, 7) is -0.0182. The highest BCUT2D eigenvalue weighted by Crippen LogP contribution is 2.16. The molecule has 0 fully saturated rings. The lowest BCUT2D eigenvalue weighted by Gasteiger charge is -2.01. The number of sulfonamides is 1. The molecule has 0 amide bonds. The van der Waals surface area contributed by atoms with Crippen molar-refractivity contribution in [3.63, 3.8) is 0 Å². The van der Waals surface area contributed by atoms with Gasteiger partial charge in [0.05, 0.1) is 5.88 Å². The number of alkyl halides is 1. The Kier molecular flexibility index (Phi) is 3.72. The van der Waals surface area contributed by atoms with Crippen LogP contribution < -0.4 is 5.14 Å². The van der Waals surface area contributed by atoms with Crippen LogP contribution in [0.15, 0.2) is 21.8 Å². The Morgan fingerprint density at radius 1 is 1.53 bits per heavy atom. The van der Waals surface area contributed by atoms with E-state index < -0.39 is 20.9 Å². The second-order valence-electron chi connectivity index (χ2n) is 2.52. The van der Waals surface area contributed by atoms with Gasteiger partial charge in [-0.1, -0.05) is 0 Å². The molecule has 0 saturated heterocycles. The fourth-order valence-corrected chi connectivity index (χ4v) is 1.57. The van der Waals surface area contributed by atoms with Gasteiger partial charge >= 0.3 is 5.97 Å². The molecular formula is C7H8ClNO5S. The van der Waals surface area contributed by atoms with Crippen molar-refractivity contribution in [3.8, 4) is 0 Å². The van der Waals surface area contributed by atoms with Gasteiger partial charge in [-0.15, -0.1) is 11.6 Å². The van der Waals surface area contributed by atoms with Gasteiger partial charge in [-0.05, 0) is 0 Å². The topological polar surface area (TPSA) is 99.6 Å². The molecule has 2 N–H and O–H groups in total. The van der Waals surface area contributed by atoms with Crippen LogP contribution in [0.5, 0.6) is 0 Å². The van der Waals surface area contributed by atoms with E-state index in [2.05, 4.69) is 9.15 Å². The zero-order chi connectivity index (χ0) is 11.5. The molecule has 0 aliphatic rings. The maximum Gasteiger partial charge on any atom is 0.342 e. The molecule has 0 aromatic carbocycles. The summed E-state index contributed by atoms with van der Waals surface area (Å²) in [4.78, 5) is 10.9. The van der Waals surface area contributed by atoms with Crippen LogP contribution in [-0.4, -0.2) is 26.9 Å². The van der Waals surface area contributed by atoms with E-state index >= 15 is 0 Å². The molecule has 6 nitrogen and oxygen atoms in total. The standard InChI is InChI=1S/C7H8ClNO5S/c8-1-2-14-7(10)5-3-13-4-6(5)15(9,11)12/h3-4H,1-2H2,(H2,9,11,12). The number of carbonyl (C=O) groups excluding carboxylic acids is 1. The molecule has 8 heteroatoms. The number of rotatable bonds is 4. The molecular weight excluding hydrogens is 246 g/mol. The maximum absolute atomic E-state index is 11.3. The molecule has 0 unspecified atom stereocenters. The first-order chi connectivity index (χ1) is 6.96. The van der Waals surface area contributed by atoms with E-state index in [0.29, 0.717) is 0 Å². The minimum absolute atomic E-state index is 0.0182. The van der Waals surface area contributed by atoms with Crippen molar-refractivity contribution in [1.29, 1.82) is 0 Å². The first kappa shape index (κ1) is 12.0. The van der Waals surface area contributed by atoms with Crippen LogP contribution in [0.3, 0.4) is 0 Å². The van der Waals surface area contributed by atoms with Gasteiger partial charge in [-0.3, -0.25) is 0 Å². The number of carbonyl (C=O) groups is 1. The van der Waals surface area contributed by atoms with E-state index in [0.717, 1.165) is 12.5 Å². The average molecular weight is 254 g/mol. The van der Waals surface area contributed by atoms with Crippen LogP contribution in [0.25, 0.3) is 0 Å². The van der Waals surface area contributed by atoms with Crippen LogP contribution in [0, 0.1) is 0 Å². The molecule has 84 valence electrons. The van der Waals surface area contributed by atoms with Gasteiger partial charge in [0.15, 0.2) is 0 Å². The molecule has 1 aromatic heterocycles. The third-order valence-electron chi connectivity index (χ3n) is 1.46. The number of ether oxygens (including phenoxy) is 1. The van der Waals surface area contributed by atoms with Crippen molar-refractivity contribution in [2.45, 2.75) is 4.90 Å². The molecule has 0 saturated carbocycles. The third-order valence-corrected chi connectivity index (χ3v) is 2.55. The predicted molar refractivity (Wildman–Crippen MR) is 51.1 cm³/mol. The number of nitrogens with two attached hydrogens (primary N) is 1. The van der Waals surface area contributed by atoms with Gasteiger partial charge in [0, 0.05) is 0 Å². The fourth-order valence-electron chi connectivity index (χ4n) is 0.863. The lowest BCUT2D eigenvalue weighted by Crippen LogP contribution is -2.16. The van der Waals surface area contributed by atoms with Gasteiger partial charge in [-0.25, -0.2) is 18.4 Å². The summed E-state index contributed by atoms with van der Waals surface area (Å²) in [5.74, 6) is -0.720. The van der Waals surface area contributed by atoms with Gasteiger partial charge in [0.2, 0.25) is 10.0 Å². The van der Waals surface area contributed by atoms with Crippen molar-refractivity contribution < 1.29 is 22.4 Å². The number of esters is 1. The number of primary sulfonamides is 1. The lowest BCUT2D eigenvalue weighted by atomic mass is 10.3. The summed E-state index contributed by atoms with van der Waals surface area (Å²) in [6.07, 6.45) is 1.82. The molecule has 0 spiro atoms. The highest BCUT2D eigenvalue weighted by Gasteiger charge is 2.22. The summed E-state index contributed by atoms with van der Waals surface area (Å²) in [5.41, 5.74) is -0.234. The number of halogens is 1. The van der Waals surface area contributed by atoms with Gasteiger partial charge < -0.3 is 9.15 Å². The first-order valence-corrected chi connectivity index (χ1v) is 5.87. The SMILES string of the molecule is NS(=O)(=O)c1cocc1C(=O)OCCCl. The average Bonchev–Trinajstić information content (AvgIpc) is 2.61. The van der Waals surface area contributed by atoms with E-state index in [1.54, 1.807) is 0 Å². The normalized spacial score (nSPS) is 11.3. The Labute approximate surface area is 91.0 Å². The molecule has 1 rings (SSSR count). The molecule has 0 atom stereocenters. The smallest absolute Gasteiger partial charge is 0.342 e. The third kappa shape index (κ3) is 2.95. The van der Waals surface area contributed by atoms with Crippen LogP contribution in [-0.2, 0) is 14.8 Å². The van der Waals surface area contributed by atoms with Crippen molar-refractivity contribution in [1.82, 2.24) is 0 Å². The molecule has 15 heavy (non-hydrogen) atoms. The molecule has 1 heterocycles. The zero-order valence-corrected chi connectivity index (χ0v) is 9.05. The molecule has 0 radical (unpaired) electrons. The van der Waals surface area contributed by atoms with Gasteiger partial charge in [0.1, 0.15) is 29.6 Å².